The Labute approximate surface area is 241 Å². The summed E-state index contributed by atoms with van der Waals surface area (Å²) in [6.45, 7) is 12.4. The molecular formula is C31H31F3N4O4. The lowest BCUT2D eigenvalue weighted by molar-refractivity contribution is 0.0626. The zero-order valence-corrected chi connectivity index (χ0v) is 23.5. The van der Waals surface area contributed by atoms with Gasteiger partial charge in [0.25, 0.3) is 11.8 Å². The Bertz CT molecular complexity index is 1580. The zero-order valence-electron chi connectivity index (χ0n) is 23.5. The smallest absolute Gasteiger partial charge is 0.278 e. The third-order valence-electron chi connectivity index (χ3n) is 7.16. The van der Waals surface area contributed by atoms with Crippen LogP contribution in [0.4, 0.5) is 13.2 Å². The summed E-state index contributed by atoms with van der Waals surface area (Å²) in [6.07, 6.45) is 4.43. The van der Waals surface area contributed by atoms with Crippen LogP contribution in [0.5, 0.6) is 5.75 Å². The SMILES string of the molecule is C=C[C@H](C)N1CN(C(C)(C)C=C)n2cc(C(=O)NCc3c(F)cc(F)cc3F)c(=O)c(OCc3ccccc3)c2C1=O. The molecule has 0 radical (unpaired) electrons. The van der Waals surface area contributed by atoms with Crippen LogP contribution in [0, 0.1) is 17.5 Å². The van der Waals surface area contributed by atoms with Gasteiger partial charge in [0.2, 0.25) is 5.43 Å². The molecule has 1 aliphatic heterocycles. The number of aromatic nitrogens is 1. The highest BCUT2D eigenvalue weighted by Crippen LogP contribution is 2.29. The molecule has 2 heterocycles. The highest BCUT2D eigenvalue weighted by Gasteiger charge is 2.40. The fraction of sp³-hybridized carbons (Fsp3) is 0.258. The molecule has 0 saturated carbocycles. The van der Waals surface area contributed by atoms with Crippen LogP contribution in [0.25, 0.3) is 0 Å². The minimum absolute atomic E-state index is 0.0477. The van der Waals surface area contributed by atoms with Crippen molar-refractivity contribution in [3.8, 4) is 5.75 Å². The fourth-order valence-corrected chi connectivity index (χ4v) is 4.41. The van der Waals surface area contributed by atoms with Gasteiger partial charge in [0.15, 0.2) is 11.4 Å². The molecule has 1 atom stereocenters. The number of hydrogen-bond acceptors (Lipinski definition) is 5. The number of ether oxygens (including phenoxy) is 1. The summed E-state index contributed by atoms with van der Waals surface area (Å²) >= 11 is 0. The molecule has 1 aromatic heterocycles. The quantitative estimate of drug-likeness (QED) is 0.353. The van der Waals surface area contributed by atoms with E-state index in [2.05, 4.69) is 18.5 Å². The highest BCUT2D eigenvalue weighted by atomic mass is 19.1. The van der Waals surface area contributed by atoms with E-state index in [1.165, 1.54) is 15.8 Å². The third-order valence-corrected chi connectivity index (χ3v) is 7.16. The molecule has 0 aliphatic carbocycles. The lowest BCUT2D eigenvalue weighted by Gasteiger charge is -2.48. The van der Waals surface area contributed by atoms with Gasteiger partial charge in [0, 0.05) is 36.5 Å². The number of rotatable bonds is 10. The Hall–Kier alpha value is -4.80. The number of halogens is 3. The molecule has 42 heavy (non-hydrogen) atoms. The molecule has 1 aliphatic rings. The molecule has 2 amide bonds. The van der Waals surface area contributed by atoms with Gasteiger partial charge in [-0.3, -0.25) is 24.1 Å². The van der Waals surface area contributed by atoms with E-state index in [9.17, 15) is 27.6 Å². The van der Waals surface area contributed by atoms with Gasteiger partial charge in [-0.25, -0.2) is 13.2 Å². The van der Waals surface area contributed by atoms with E-state index in [0.29, 0.717) is 17.7 Å². The topological polar surface area (TPSA) is 83.9 Å². The minimum atomic E-state index is -1.19. The number of benzene rings is 2. The van der Waals surface area contributed by atoms with Crippen LogP contribution >= 0.6 is 0 Å². The van der Waals surface area contributed by atoms with Crippen molar-refractivity contribution in [2.24, 2.45) is 0 Å². The molecule has 1 N–H and O–H groups in total. The summed E-state index contributed by atoms with van der Waals surface area (Å²) in [7, 11) is 0. The molecule has 0 spiro atoms. The van der Waals surface area contributed by atoms with E-state index < -0.39 is 63.9 Å². The van der Waals surface area contributed by atoms with Crippen LogP contribution in [0.2, 0.25) is 0 Å². The Morgan fingerprint density at radius 1 is 1.12 bits per heavy atom. The molecule has 0 bridgehead atoms. The van der Waals surface area contributed by atoms with Crippen LogP contribution < -0.4 is 20.5 Å². The van der Waals surface area contributed by atoms with Gasteiger partial charge in [-0.15, -0.1) is 13.2 Å². The van der Waals surface area contributed by atoms with Crippen molar-refractivity contribution in [2.75, 3.05) is 11.7 Å². The number of carbonyl (C=O) groups excluding carboxylic acids is 2. The number of amides is 2. The van der Waals surface area contributed by atoms with E-state index in [0.717, 1.165) is 0 Å². The van der Waals surface area contributed by atoms with Crippen molar-refractivity contribution < 1.29 is 27.5 Å². The van der Waals surface area contributed by atoms with E-state index in [4.69, 9.17) is 4.74 Å². The summed E-state index contributed by atoms with van der Waals surface area (Å²) in [4.78, 5) is 42.4. The number of nitrogens with one attached hydrogen (secondary N) is 1. The van der Waals surface area contributed by atoms with Crippen molar-refractivity contribution in [3.05, 3.63) is 124 Å². The molecule has 2 aromatic carbocycles. The number of carbonyl (C=O) groups is 2. The van der Waals surface area contributed by atoms with Gasteiger partial charge >= 0.3 is 0 Å². The van der Waals surface area contributed by atoms with Crippen molar-refractivity contribution in [2.45, 2.75) is 45.5 Å². The summed E-state index contributed by atoms with van der Waals surface area (Å²) in [5.74, 6) is -5.37. The Morgan fingerprint density at radius 3 is 2.36 bits per heavy atom. The first-order chi connectivity index (χ1) is 19.9. The van der Waals surface area contributed by atoms with Crippen molar-refractivity contribution in [3.63, 3.8) is 0 Å². The van der Waals surface area contributed by atoms with Gasteiger partial charge in [-0.1, -0.05) is 42.5 Å². The molecule has 8 nitrogen and oxygen atoms in total. The normalized spacial score (nSPS) is 13.8. The second kappa shape index (κ2) is 12.0. The first-order valence-corrected chi connectivity index (χ1v) is 13.1. The second-order valence-corrected chi connectivity index (χ2v) is 10.3. The summed E-state index contributed by atoms with van der Waals surface area (Å²) in [5, 5.41) is 4.05. The standard InChI is InChI=1S/C31H31F3N4O4/c1-6-19(3)36-18-38(31(4,5)7-2)37-16-23(29(40)35-15-22-24(33)13-21(32)14-25(22)34)27(39)28(26(37)30(36)41)42-17-20-11-9-8-10-12-20/h6-14,16,19H,1-2,15,17-18H2,3-5H3,(H,35,40)/t19-/m0/s1. The summed E-state index contributed by atoms with van der Waals surface area (Å²) in [6, 6.07) is 9.48. The molecule has 220 valence electrons. The van der Waals surface area contributed by atoms with Gasteiger partial charge < -0.3 is 15.0 Å². The average Bonchev–Trinajstić information content (AvgIpc) is 2.96. The molecule has 0 fully saturated rings. The van der Waals surface area contributed by atoms with E-state index in [-0.39, 0.29) is 24.7 Å². The van der Waals surface area contributed by atoms with Crippen molar-refractivity contribution in [1.29, 1.82) is 0 Å². The summed E-state index contributed by atoms with van der Waals surface area (Å²) < 4.78 is 49.1. The predicted octanol–water partition coefficient (Wildman–Crippen LogP) is 4.67. The maximum Gasteiger partial charge on any atom is 0.278 e. The lowest BCUT2D eigenvalue weighted by atomic mass is 10.0. The molecule has 0 saturated heterocycles. The lowest BCUT2D eigenvalue weighted by Crippen LogP contribution is -2.62. The van der Waals surface area contributed by atoms with Crippen LogP contribution in [0.15, 0.2) is 78.8 Å². The average molecular weight is 581 g/mol. The maximum absolute atomic E-state index is 14.2. The maximum atomic E-state index is 14.2. The molecular weight excluding hydrogens is 549 g/mol. The Balaban J connectivity index is 1.85. The van der Waals surface area contributed by atoms with Gasteiger partial charge in [-0.2, -0.15) is 0 Å². The van der Waals surface area contributed by atoms with Crippen molar-refractivity contribution in [1.82, 2.24) is 14.9 Å². The van der Waals surface area contributed by atoms with Crippen molar-refractivity contribution >= 4 is 11.8 Å². The number of fused-ring (bicyclic) bond motifs is 1. The van der Waals surface area contributed by atoms with Crippen LogP contribution in [0.3, 0.4) is 0 Å². The predicted molar refractivity (Wildman–Crippen MR) is 152 cm³/mol. The van der Waals surface area contributed by atoms with Crippen LogP contribution in [-0.2, 0) is 13.2 Å². The van der Waals surface area contributed by atoms with Gasteiger partial charge in [0.1, 0.15) is 36.3 Å². The number of hydrogen-bond donors (Lipinski definition) is 1. The van der Waals surface area contributed by atoms with Gasteiger partial charge in [-0.05, 0) is 26.3 Å². The monoisotopic (exact) mass is 580 g/mol. The van der Waals surface area contributed by atoms with E-state index in [1.807, 2.05) is 19.9 Å². The second-order valence-electron chi connectivity index (χ2n) is 10.3. The largest absolute Gasteiger partial charge is 0.482 e. The molecule has 11 heteroatoms. The minimum Gasteiger partial charge on any atom is -0.482 e. The Morgan fingerprint density at radius 2 is 1.76 bits per heavy atom. The third kappa shape index (κ3) is 5.81. The van der Waals surface area contributed by atoms with Gasteiger partial charge in [0.05, 0.1) is 5.54 Å². The highest BCUT2D eigenvalue weighted by molar-refractivity contribution is 5.99. The summed E-state index contributed by atoms with van der Waals surface area (Å²) in [5.41, 5.74) is -2.12. The first-order valence-electron chi connectivity index (χ1n) is 13.1. The molecule has 3 aromatic rings. The molecule has 4 rings (SSSR count). The van der Waals surface area contributed by atoms with Crippen LogP contribution in [-0.4, -0.2) is 39.6 Å². The van der Waals surface area contributed by atoms with E-state index in [1.54, 1.807) is 48.4 Å². The Kier molecular flexibility index (Phi) is 8.60. The number of nitrogens with zero attached hydrogens (tertiary/aromatic N) is 3. The molecule has 0 unspecified atom stereocenters. The van der Waals surface area contributed by atoms with E-state index >= 15 is 0 Å². The number of pyridine rings is 1. The van der Waals surface area contributed by atoms with Crippen LogP contribution in [0.1, 0.15) is 52.7 Å². The zero-order chi connectivity index (χ0) is 30.8. The fourth-order valence-electron chi connectivity index (χ4n) is 4.41. The first kappa shape index (κ1) is 30.2.